The van der Waals surface area contributed by atoms with E-state index in [9.17, 15) is 13.2 Å². The lowest BCUT2D eigenvalue weighted by atomic mass is 9.99. The summed E-state index contributed by atoms with van der Waals surface area (Å²) in [6.45, 7) is 3.52. The highest BCUT2D eigenvalue weighted by Crippen LogP contribution is 2.38. The average molecular weight is 474 g/mol. The smallest absolute Gasteiger partial charge is 0.334 e. The zero-order valence-electron chi connectivity index (χ0n) is 19.0. The fraction of sp³-hybridized carbons (Fsp3) is 0.565. The van der Waals surface area contributed by atoms with E-state index in [-0.39, 0.29) is 6.04 Å². The highest BCUT2D eigenvalue weighted by Gasteiger charge is 2.34. The van der Waals surface area contributed by atoms with E-state index in [1.165, 1.54) is 21.6 Å². The van der Waals surface area contributed by atoms with Crippen molar-refractivity contribution in [2.24, 2.45) is 0 Å². The maximum absolute atomic E-state index is 13.5. The van der Waals surface area contributed by atoms with Crippen LogP contribution in [0, 0.1) is 0 Å². The maximum atomic E-state index is 13.5. The summed E-state index contributed by atoms with van der Waals surface area (Å²) in [6, 6.07) is 1.26. The number of aryl methyl sites for hydroxylation is 3. The Hall–Kier alpha value is -2.59. The largest absolute Gasteiger partial charge is 0.381 e. The van der Waals surface area contributed by atoms with Crippen LogP contribution in [0.2, 0.25) is 0 Å². The summed E-state index contributed by atoms with van der Waals surface area (Å²) >= 11 is 0. The van der Waals surface area contributed by atoms with Crippen molar-refractivity contribution in [2.45, 2.75) is 70.9 Å². The molecule has 2 N–H and O–H groups in total. The van der Waals surface area contributed by atoms with Crippen molar-refractivity contribution in [3.8, 4) is 0 Å². The summed E-state index contributed by atoms with van der Waals surface area (Å²) in [5, 5.41) is 7.16. The molecule has 2 heterocycles. The van der Waals surface area contributed by atoms with E-state index in [0.29, 0.717) is 38.3 Å². The highest BCUT2D eigenvalue weighted by molar-refractivity contribution is 7.91. The third kappa shape index (κ3) is 4.33. The number of nitrogens with zero attached hydrogens (tertiary/aromatic N) is 3. The number of rotatable bonds is 6. The molecule has 1 aromatic heterocycles. The lowest BCUT2D eigenvalue weighted by molar-refractivity contribution is 0.0875. The van der Waals surface area contributed by atoms with Crippen LogP contribution in [-0.4, -0.2) is 43.5 Å². The van der Waals surface area contributed by atoms with Gasteiger partial charge in [-0.1, -0.05) is 6.07 Å². The minimum Gasteiger partial charge on any atom is -0.381 e. The topological polar surface area (TPSA) is 106 Å². The summed E-state index contributed by atoms with van der Waals surface area (Å²) in [7, 11) is -4.16. The summed E-state index contributed by atoms with van der Waals surface area (Å²) < 4.78 is 37.6. The molecule has 3 aliphatic rings. The first kappa shape index (κ1) is 22.2. The van der Waals surface area contributed by atoms with Crippen LogP contribution in [0.15, 0.2) is 18.5 Å². The lowest BCUT2D eigenvalue weighted by Crippen LogP contribution is -2.51. The number of carbonyl (C=O) groups is 1. The number of aromatic nitrogens is 2. The molecule has 1 aliphatic heterocycles. The molecule has 1 aromatic carbocycles. The average Bonchev–Trinajstić information content (AvgIpc) is 3.54. The molecule has 1 fully saturated rings. The minimum atomic E-state index is -4.16. The highest BCUT2D eigenvalue weighted by atomic mass is 32.2. The van der Waals surface area contributed by atoms with Gasteiger partial charge in [0.1, 0.15) is 0 Å². The molecule has 10 heteroatoms. The van der Waals surface area contributed by atoms with E-state index in [1.807, 2.05) is 6.92 Å². The van der Waals surface area contributed by atoms with Crippen molar-refractivity contribution in [3.63, 3.8) is 0 Å². The molecule has 178 valence electrons. The number of fused-ring (bicyclic) bond motifs is 2. The molecule has 0 radical (unpaired) electrons. The van der Waals surface area contributed by atoms with Gasteiger partial charge in [-0.25, -0.2) is 13.8 Å². The van der Waals surface area contributed by atoms with Crippen LogP contribution in [0.5, 0.6) is 0 Å². The van der Waals surface area contributed by atoms with Crippen molar-refractivity contribution >= 4 is 27.6 Å². The number of carbonyl (C=O) groups excluding carboxylic acids is 1. The number of nitrogens with one attached hydrogen (secondary N) is 2. The third-order valence-electron chi connectivity index (χ3n) is 6.91. The number of ether oxygens (including phenoxy) is 1. The van der Waals surface area contributed by atoms with E-state index < -0.39 is 16.2 Å². The van der Waals surface area contributed by atoms with Crippen LogP contribution >= 0.6 is 0 Å². The predicted molar refractivity (Wildman–Crippen MR) is 126 cm³/mol. The molecule has 0 unspecified atom stereocenters. The van der Waals surface area contributed by atoms with Gasteiger partial charge in [-0.2, -0.15) is 13.5 Å². The Morgan fingerprint density at radius 1 is 1.15 bits per heavy atom. The SMILES string of the molecule is CCn1cc(N(C2CCOCC2)S(=O)(=O)NC(=O)Nc2c3c(cc4c2CCC4)CCC3)cn1. The van der Waals surface area contributed by atoms with Gasteiger partial charge in [0.05, 0.1) is 17.9 Å². The van der Waals surface area contributed by atoms with Gasteiger partial charge in [0.25, 0.3) is 0 Å². The second kappa shape index (κ2) is 8.98. The standard InChI is InChI=1S/C23H31N5O4S/c1-2-27-15-19(14-24-27)28(18-9-11-32-12-10-18)33(30,31)26-23(29)25-22-20-7-3-5-16(20)13-17-6-4-8-21(17)22/h13-15,18H,2-12H2,1H3,(H2,25,26,29). The van der Waals surface area contributed by atoms with E-state index in [4.69, 9.17) is 4.74 Å². The first-order valence-electron chi connectivity index (χ1n) is 11.9. The van der Waals surface area contributed by atoms with Gasteiger partial charge in [0, 0.05) is 31.6 Å². The van der Waals surface area contributed by atoms with Crippen molar-refractivity contribution in [3.05, 3.63) is 40.7 Å². The summed E-state index contributed by atoms with van der Waals surface area (Å²) in [5.74, 6) is 0. The van der Waals surface area contributed by atoms with E-state index >= 15 is 0 Å². The Morgan fingerprint density at radius 2 is 1.82 bits per heavy atom. The van der Waals surface area contributed by atoms with Gasteiger partial charge in [-0.05, 0) is 80.5 Å². The molecule has 5 rings (SSSR count). The second-order valence-electron chi connectivity index (χ2n) is 8.99. The normalized spacial score (nSPS) is 18.1. The molecule has 9 nitrogen and oxygen atoms in total. The van der Waals surface area contributed by atoms with Gasteiger partial charge < -0.3 is 10.1 Å². The molecule has 0 spiro atoms. The van der Waals surface area contributed by atoms with Crippen molar-refractivity contribution in [1.82, 2.24) is 14.5 Å². The molecule has 33 heavy (non-hydrogen) atoms. The number of amides is 2. The zero-order valence-corrected chi connectivity index (χ0v) is 19.8. The number of benzene rings is 1. The van der Waals surface area contributed by atoms with Crippen LogP contribution in [0.25, 0.3) is 0 Å². The fourth-order valence-corrected chi connectivity index (χ4v) is 6.74. The lowest BCUT2D eigenvalue weighted by Gasteiger charge is -2.33. The number of anilines is 2. The van der Waals surface area contributed by atoms with Crippen LogP contribution in [0.1, 0.15) is 54.9 Å². The Morgan fingerprint density at radius 3 is 2.42 bits per heavy atom. The molecule has 0 bridgehead atoms. The summed E-state index contributed by atoms with van der Waals surface area (Å²) in [4.78, 5) is 13.0. The van der Waals surface area contributed by atoms with Crippen LogP contribution in [0.3, 0.4) is 0 Å². The summed E-state index contributed by atoms with van der Waals surface area (Å²) in [5.41, 5.74) is 6.16. The van der Waals surface area contributed by atoms with E-state index in [2.05, 4.69) is 21.2 Å². The molecular weight excluding hydrogens is 442 g/mol. The Bertz CT molecular complexity index is 1120. The van der Waals surface area contributed by atoms with Crippen LogP contribution in [-0.2, 0) is 47.2 Å². The van der Waals surface area contributed by atoms with E-state index in [1.54, 1.807) is 10.9 Å². The molecule has 2 aliphatic carbocycles. The zero-order chi connectivity index (χ0) is 23.0. The third-order valence-corrected chi connectivity index (χ3v) is 8.38. The van der Waals surface area contributed by atoms with Gasteiger partial charge in [0.2, 0.25) is 0 Å². The van der Waals surface area contributed by atoms with E-state index in [0.717, 1.165) is 55.3 Å². The Balaban J connectivity index is 1.41. The molecule has 1 saturated heterocycles. The minimum absolute atomic E-state index is 0.302. The van der Waals surface area contributed by atoms with Crippen molar-refractivity contribution < 1.29 is 17.9 Å². The van der Waals surface area contributed by atoms with Crippen LogP contribution < -0.4 is 14.3 Å². The van der Waals surface area contributed by atoms with Gasteiger partial charge in [-0.3, -0.25) is 4.68 Å². The molecule has 2 aromatic rings. The van der Waals surface area contributed by atoms with Crippen molar-refractivity contribution in [2.75, 3.05) is 22.8 Å². The monoisotopic (exact) mass is 473 g/mol. The fourth-order valence-electron chi connectivity index (χ4n) is 5.38. The number of hydrogen-bond donors (Lipinski definition) is 2. The molecular formula is C23H31N5O4S. The quantitative estimate of drug-likeness (QED) is 0.671. The number of urea groups is 1. The molecule has 0 saturated carbocycles. The first-order chi connectivity index (χ1) is 16.0. The molecule has 2 amide bonds. The first-order valence-corrected chi connectivity index (χ1v) is 13.3. The number of hydrogen-bond acceptors (Lipinski definition) is 5. The summed E-state index contributed by atoms with van der Waals surface area (Å²) in [6.07, 6.45) is 10.3. The Kier molecular flexibility index (Phi) is 6.05. The van der Waals surface area contributed by atoms with Crippen LogP contribution in [0.4, 0.5) is 16.2 Å². The molecule has 0 atom stereocenters. The maximum Gasteiger partial charge on any atom is 0.334 e. The van der Waals surface area contributed by atoms with Gasteiger partial charge >= 0.3 is 16.2 Å². The van der Waals surface area contributed by atoms with Crippen molar-refractivity contribution in [1.29, 1.82) is 0 Å². The predicted octanol–water partition coefficient (Wildman–Crippen LogP) is 2.93. The van der Waals surface area contributed by atoms with Gasteiger partial charge in [-0.15, -0.1) is 0 Å². The van der Waals surface area contributed by atoms with Gasteiger partial charge in [0.15, 0.2) is 0 Å². The Labute approximate surface area is 194 Å². The second-order valence-corrected chi connectivity index (χ2v) is 10.5.